The van der Waals surface area contributed by atoms with Crippen molar-refractivity contribution in [1.82, 2.24) is 5.32 Å². The van der Waals surface area contributed by atoms with E-state index < -0.39 is 24.5 Å². The summed E-state index contributed by atoms with van der Waals surface area (Å²) < 4.78 is 38.3. The first-order valence-corrected chi connectivity index (χ1v) is 6.10. The zero-order valence-electron chi connectivity index (χ0n) is 11.3. The second-order valence-corrected chi connectivity index (χ2v) is 4.61. The Morgan fingerprint density at radius 2 is 2.00 bits per heavy atom. The molecule has 4 nitrogen and oxygen atoms in total. The lowest BCUT2D eigenvalue weighted by Gasteiger charge is -2.23. The molecule has 0 aromatic heterocycles. The maximum atomic E-state index is 12.8. The number of nitrogens with zero attached hydrogens (tertiary/aromatic N) is 1. The molecule has 0 fully saturated rings. The minimum absolute atomic E-state index is 0.271. The molecule has 0 saturated heterocycles. The number of nitrogens with two attached hydrogens (primary N) is 1. The molecule has 2 atom stereocenters. The summed E-state index contributed by atoms with van der Waals surface area (Å²) in [6.45, 7) is 3.20. The summed E-state index contributed by atoms with van der Waals surface area (Å²) >= 11 is 0. The van der Waals surface area contributed by atoms with Crippen LogP contribution in [0.25, 0.3) is 0 Å². The lowest BCUT2D eigenvalue weighted by Crippen LogP contribution is -2.43. The summed E-state index contributed by atoms with van der Waals surface area (Å²) in [4.78, 5) is 0. The standard InChI is InChI=1S/C13H18F3N3O/c1-8-5-3-4-6-10(8)9(2)18-7-11(12(17)19-20)13(14,15)16/h3-6,9,11,18,20H,7H2,1-2H3,(H2,17,19)/t9-,11?/m1/s1. The number of nitrogens with one attached hydrogen (secondary N) is 1. The van der Waals surface area contributed by atoms with Gasteiger partial charge in [0.1, 0.15) is 5.92 Å². The first-order valence-electron chi connectivity index (χ1n) is 6.10. The highest BCUT2D eigenvalue weighted by molar-refractivity contribution is 5.83. The van der Waals surface area contributed by atoms with Crippen LogP contribution < -0.4 is 11.1 Å². The van der Waals surface area contributed by atoms with E-state index in [0.717, 1.165) is 11.1 Å². The Balaban J connectivity index is 2.76. The van der Waals surface area contributed by atoms with Gasteiger partial charge in [-0.2, -0.15) is 13.2 Å². The van der Waals surface area contributed by atoms with Gasteiger partial charge in [-0.1, -0.05) is 29.4 Å². The van der Waals surface area contributed by atoms with Gasteiger partial charge in [0.2, 0.25) is 0 Å². The van der Waals surface area contributed by atoms with Gasteiger partial charge in [-0.15, -0.1) is 0 Å². The highest BCUT2D eigenvalue weighted by Gasteiger charge is 2.42. The Hall–Kier alpha value is -1.76. The van der Waals surface area contributed by atoms with Gasteiger partial charge in [-0.3, -0.25) is 0 Å². The topological polar surface area (TPSA) is 70.6 Å². The number of hydrogen-bond acceptors (Lipinski definition) is 3. The lowest BCUT2D eigenvalue weighted by molar-refractivity contribution is -0.155. The number of hydrogen-bond donors (Lipinski definition) is 3. The van der Waals surface area contributed by atoms with Gasteiger partial charge in [-0.05, 0) is 25.0 Å². The number of aryl methyl sites for hydroxylation is 1. The van der Waals surface area contributed by atoms with Crippen LogP contribution in [0.5, 0.6) is 0 Å². The highest BCUT2D eigenvalue weighted by atomic mass is 19.4. The molecule has 1 rings (SSSR count). The van der Waals surface area contributed by atoms with Crippen LogP contribution in [0.3, 0.4) is 0 Å². The average Bonchev–Trinajstić information content (AvgIpc) is 2.37. The molecule has 0 aliphatic carbocycles. The molecule has 0 heterocycles. The Morgan fingerprint density at radius 3 is 2.50 bits per heavy atom. The van der Waals surface area contributed by atoms with Crippen molar-refractivity contribution in [3.63, 3.8) is 0 Å². The van der Waals surface area contributed by atoms with Crippen molar-refractivity contribution < 1.29 is 18.4 Å². The largest absolute Gasteiger partial charge is 0.409 e. The van der Waals surface area contributed by atoms with Crippen molar-refractivity contribution in [2.24, 2.45) is 16.8 Å². The van der Waals surface area contributed by atoms with Crippen LogP contribution in [0.15, 0.2) is 29.4 Å². The molecule has 0 radical (unpaired) electrons. The zero-order chi connectivity index (χ0) is 15.3. The van der Waals surface area contributed by atoms with Gasteiger partial charge < -0.3 is 16.3 Å². The summed E-state index contributed by atoms with van der Waals surface area (Å²) in [7, 11) is 0. The fourth-order valence-corrected chi connectivity index (χ4v) is 1.93. The summed E-state index contributed by atoms with van der Waals surface area (Å²) in [6.07, 6.45) is -4.56. The second-order valence-electron chi connectivity index (χ2n) is 4.61. The number of oxime groups is 1. The van der Waals surface area contributed by atoms with E-state index in [0.29, 0.717) is 0 Å². The SMILES string of the molecule is Cc1ccccc1[C@@H](C)NCC(/C(N)=N/O)C(F)(F)F. The van der Waals surface area contributed by atoms with Crippen molar-refractivity contribution in [1.29, 1.82) is 0 Å². The van der Waals surface area contributed by atoms with E-state index in [-0.39, 0.29) is 6.04 Å². The van der Waals surface area contributed by atoms with Crippen LogP contribution >= 0.6 is 0 Å². The Morgan fingerprint density at radius 1 is 1.40 bits per heavy atom. The van der Waals surface area contributed by atoms with Crippen molar-refractivity contribution in [2.75, 3.05) is 6.54 Å². The van der Waals surface area contributed by atoms with E-state index in [2.05, 4.69) is 10.5 Å². The van der Waals surface area contributed by atoms with E-state index in [1.165, 1.54) is 0 Å². The van der Waals surface area contributed by atoms with E-state index in [1.807, 2.05) is 31.2 Å². The second kappa shape index (κ2) is 6.60. The Bertz CT molecular complexity index is 474. The Kier molecular flexibility index (Phi) is 5.38. The molecule has 0 aliphatic heterocycles. The van der Waals surface area contributed by atoms with Crippen molar-refractivity contribution in [2.45, 2.75) is 26.1 Å². The summed E-state index contributed by atoms with van der Waals surface area (Å²) in [6, 6.07) is 7.15. The van der Waals surface area contributed by atoms with E-state index in [1.54, 1.807) is 6.92 Å². The third-order valence-electron chi connectivity index (χ3n) is 3.15. The van der Waals surface area contributed by atoms with Crippen LogP contribution in [-0.4, -0.2) is 23.8 Å². The van der Waals surface area contributed by atoms with E-state index in [9.17, 15) is 13.2 Å². The quantitative estimate of drug-likeness (QED) is 0.338. The summed E-state index contributed by atoms with van der Waals surface area (Å²) in [5.41, 5.74) is 6.99. The molecular weight excluding hydrogens is 271 g/mol. The van der Waals surface area contributed by atoms with Gasteiger partial charge in [0.05, 0.1) is 0 Å². The molecule has 0 aliphatic rings. The molecule has 7 heteroatoms. The molecule has 0 spiro atoms. The van der Waals surface area contributed by atoms with Crippen molar-refractivity contribution in [3.05, 3.63) is 35.4 Å². The molecule has 4 N–H and O–H groups in total. The molecule has 0 bridgehead atoms. The van der Waals surface area contributed by atoms with Crippen LogP contribution in [0, 0.1) is 12.8 Å². The fourth-order valence-electron chi connectivity index (χ4n) is 1.93. The normalized spacial score (nSPS) is 15.9. The van der Waals surface area contributed by atoms with Crippen LogP contribution in [0.4, 0.5) is 13.2 Å². The summed E-state index contributed by atoms with van der Waals surface area (Å²) in [5.74, 6) is -2.86. The number of rotatable bonds is 5. The van der Waals surface area contributed by atoms with Crippen LogP contribution in [0.1, 0.15) is 24.1 Å². The molecular formula is C13H18F3N3O. The molecule has 112 valence electrons. The van der Waals surface area contributed by atoms with Gasteiger partial charge in [0, 0.05) is 12.6 Å². The monoisotopic (exact) mass is 289 g/mol. The number of alkyl halides is 3. The summed E-state index contributed by atoms with van der Waals surface area (Å²) in [5, 5.41) is 13.7. The minimum atomic E-state index is -4.56. The molecule has 1 aromatic carbocycles. The van der Waals surface area contributed by atoms with E-state index >= 15 is 0 Å². The smallest absolute Gasteiger partial charge is 0.400 e. The van der Waals surface area contributed by atoms with Gasteiger partial charge in [0.15, 0.2) is 5.84 Å². The molecule has 1 aromatic rings. The fraction of sp³-hybridized carbons (Fsp3) is 0.462. The van der Waals surface area contributed by atoms with Crippen molar-refractivity contribution in [3.8, 4) is 0 Å². The Labute approximate surface area is 115 Å². The molecule has 1 unspecified atom stereocenters. The van der Waals surface area contributed by atoms with Crippen LogP contribution in [0.2, 0.25) is 0 Å². The van der Waals surface area contributed by atoms with Gasteiger partial charge in [-0.25, -0.2) is 0 Å². The first kappa shape index (κ1) is 16.3. The predicted molar refractivity (Wildman–Crippen MR) is 70.6 cm³/mol. The third-order valence-corrected chi connectivity index (χ3v) is 3.15. The van der Waals surface area contributed by atoms with Gasteiger partial charge in [0.25, 0.3) is 0 Å². The van der Waals surface area contributed by atoms with Crippen LogP contribution in [-0.2, 0) is 0 Å². The number of amidine groups is 1. The molecule has 0 saturated carbocycles. The number of halogens is 3. The van der Waals surface area contributed by atoms with Crippen molar-refractivity contribution >= 4 is 5.84 Å². The molecule has 20 heavy (non-hydrogen) atoms. The predicted octanol–water partition coefficient (Wildman–Crippen LogP) is 2.57. The van der Waals surface area contributed by atoms with Gasteiger partial charge >= 0.3 is 6.18 Å². The first-order chi connectivity index (χ1) is 9.27. The lowest BCUT2D eigenvalue weighted by atomic mass is 10.0. The minimum Gasteiger partial charge on any atom is -0.409 e. The number of benzene rings is 1. The zero-order valence-corrected chi connectivity index (χ0v) is 11.3. The maximum absolute atomic E-state index is 12.8. The third kappa shape index (κ3) is 4.12. The average molecular weight is 289 g/mol. The maximum Gasteiger partial charge on any atom is 0.400 e. The molecule has 0 amide bonds. The highest BCUT2D eigenvalue weighted by Crippen LogP contribution is 2.27. The van der Waals surface area contributed by atoms with E-state index in [4.69, 9.17) is 10.9 Å².